The van der Waals surface area contributed by atoms with Gasteiger partial charge in [0.15, 0.2) is 5.82 Å². The number of piperazine rings is 2. The van der Waals surface area contributed by atoms with Crippen LogP contribution in [-0.2, 0) is 4.74 Å². The highest BCUT2D eigenvalue weighted by Gasteiger charge is 2.41. The number of aromatic nitrogens is 2. The third-order valence-corrected chi connectivity index (χ3v) is 7.93. The third kappa shape index (κ3) is 5.08. The van der Waals surface area contributed by atoms with E-state index in [0.717, 1.165) is 83.2 Å². The minimum Gasteiger partial charge on any atom is -0.507 e. The van der Waals surface area contributed by atoms with Crippen LogP contribution in [0.15, 0.2) is 47.1 Å². The van der Waals surface area contributed by atoms with E-state index in [1.165, 1.54) is 5.70 Å². The largest absolute Gasteiger partial charge is 0.507 e. The maximum absolute atomic E-state index is 10.3. The number of nitrogens with one attached hydrogen (secondary N) is 1. The molecular formula is C27H36N8O2. The fourth-order valence-corrected chi connectivity index (χ4v) is 6.08. The van der Waals surface area contributed by atoms with E-state index in [4.69, 9.17) is 10.5 Å². The lowest BCUT2D eigenvalue weighted by atomic mass is 10.1. The number of phenolic OH excluding ortho intramolecular Hbond substituents is 1. The summed E-state index contributed by atoms with van der Waals surface area (Å²) in [4.78, 5) is 12.0. The van der Waals surface area contributed by atoms with Crippen molar-refractivity contribution in [3.8, 4) is 17.0 Å². The van der Waals surface area contributed by atoms with E-state index in [1.807, 2.05) is 18.2 Å². The van der Waals surface area contributed by atoms with Gasteiger partial charge in [0.05, 0.1) is 11.4 Å². The lowest BCUT2D eigenvalue weighted by molar-refractivity contribution is 0.184. The Hall–Kier alpha value is -3.37. The number of anilines is 2. The number of benzene rings is 1. The number of para-hydroxylation sites is 1. The van der Waals surface area contributed by atoms with Gasteiger partial charge in [0.2, 0.25) is 5.90 Å². The van der Waals surface area contributed by atoms with Gasteiger partial charge < -0.3 is 30.7 Å². The van der Waals surface area contributed by atoms with Gasteiger partial charge in [0.25, 0.3) is 0 Å². The van der Waals surface area contributed by atoms with Crippen LogP contribution in [0.1, 0.15) is 19.3 Å². The standard InChI is InChI=1S/C27H36N8O2/c28-27-24(16-23(31-32-27)22-3-1-2-4-25(22)36)34-17-20-5-6-21(18-34)35(20)19-7-8-30-26(15-19)37-14-13-33-11-9-29-10-12-33/h1-4,15-16,20-21,29,36H,5-14,17-18H2,(H2,28,32). The number of fused-ring (bicyclic) bond motifs is 2. The second-order valence-electron chi connectivity index (χ2n) is 10.3. The smallest absolute Gasteiger partial charge is 0.210 e. The maximum atomic E-state index is 10.3. The molecule has 4 aliphatic heterocycles. The molecule has 1 aromatic carbocycles. The Morgan fingerprint density at radius 1 is 1.08 bits per heavy atom. The fourth-order valence-electron chi connectivity index (χ4n) is 6.08. The Morgan fingerprint density at radius 3 is 2.65 bits per heavy atom. The van der Waals surface area contributed by atoms with Crippen LogP contribution in [0.25, 0.3) is 11.3 Å². The number of dihydropyridines is 1. The van der Waals surface area contributed by atoms with E-state index in [1.54, 1.807) is 12.1 Å². The molecule has 3 saturated heterocycles. The van der Waals surface area contributed by atoms with Crippen molar-refractivity contribution in [2.45, 2.75) is 31.3 Å². The topological polar surface area (TPSA) is 115 Å². The van der Waals surface area contributed by atoms with Crippen molar-refractivity contribution >= 4 is 17.4 Å². The van der Waals surface area contributed by atoms with Crippen molar-refractivity contribution in [3.63, 3.8) is 0 Å². The zero-order valence-corrected chi connectivity index (χ0v) is 21.2. The summed E-state index contributed by atoms with van der Waals surface area (Å²) in [7, 11) is 0. The van der Waals surface area contributed by atoms with Crippen molar-refractivity contribution in [3.05, 3.63) is 42.1 Å². The van der Waals surface area contributed by atoms with Crippen LogP contribution in [0.3, 0.4) is 0 Å². The summed E-state index contributed by atoms with van der Waals surface area (Å²) in [6.07, 6.45) is 5.42. The minimum atomic E-state index is 0.189. The summed E-state index contributed by atoms with van der Waals surface area (Å²) in [5.41, 5.74) is 9.83. The van der Waals surface area contributed by atoms with Crippen LogP contribution in [0, 0.1) is 0 Å². The van der Waals surface area contributed by atoms with Gasteiger partial charge in [-0.25, -0.2) is 0 Å². The molecule has 4 aliphatic rings. The van der Waals surface area contributed by atoms with E-state index in [0.29, 0.717) is 35.8 Å². The molecule has 10 nitrogen and oxygen atoms in total. The second kappa shape index (κ2) is 10.5. The molecular weight excluding hydrogens is 468 g/mol. The monoisotopic (exact) mass is 504 g/mol. The van der Waals surface area contributed by atoms with Crippen molar-refractivity contribution in [2.24, 2.45) is 4.99 Å². The molecule has 0 spiro atoms. The second-order valence-corrected chi connectivity index (χ2v) is 10.3. The molecule has 10 heteroatoms. The van der Waals surface area contributed by atoms with Crippen LogP contribution in [0.5, 0.6) is 5.75 Å². The predicted molar refractivity (Wildman–Crippen MR) is 145 cm³/mol. The number of phenols is 1. The number of rotatable bonds is 6. The average molecular weight is 505 g/mol. The first-order valence-corrected chi connectivity index (χ1v) is 13.4. The van der Waals surface area contributed by atoms with Crippen LogP contribution in [0.4, 0.5) is 11.5 Å². The van der Waals surface area contributed by atoms with E-state index >= 15 is 0 Å². The average Bonchev–Trinajstić information content (AvgIpc) is 3.19. The van der Waals surface area contributed by atoms with E-state index < -0.39 is 0 Å². The number of nitrogens with two attached hydrogens (primary N) is 1. The highest BCUT2D eigenvalue weighted by molar-refractivity contribution is 5.89. The Bertz CT molecular complexity index is 1160. The Morgan fingerprint density at radius 2 is 1.86 bits per heavy atom. The number of hydrogen-bond acceptors (Lipinski definition) is 10. The molecule has 6 rings (SSSR count). The number of hydrogen-bond donors (Lipinski definition) is 3. The van der Waals surface area contributed by atoms with Gasteiger partial charge in [-0.3, -0.25) is 9.89 Å². The zero-order valence-electron chi connectivity index (χ0n) is 21.2. The van der Waals surface area contributed by atoms with Crippen molar-refractivity contribution < 1.29 is 9.84 Å². The molecule has 5 heterocycles. The van der Waals surface area contributed by atoms with Gasteiger partial charge in [-0.2, -0.15) is 0 Å². The van der Waals surface area contributed by atoms with Gasteiger partial charge in [-0.05, 0) is 31.0 Å². The SMILES string of the molecule is Nc1nnc(-c2ccccc2O)cc1N1CC2CCC(C1)N2C1=CC(OCCN2CCNCC2)=NCC1. The van der Waals surface area contributed by atoms with Gasteiger partial charge in [0, 0.05) is 88.2 Å². The number of aliphatic imine (C=N–C) groups is 1. The molecule has 0 aliphatic carbocycles. The molecule has 0 saturated carbocycles. The molecule has 0 radical (unpaired) electrons. The maximum Gasteiger partial charge on any atom is 0.210 e. The van der Waals surface area contributed by atoms with E-state index in [-0.39, 0.29) is 5.75 Å². The summed E-state index contributed by atoms with van der Waals surface area (Å²) in [6.45, 7) is 8.41. The molecule has 2 atom stereocenters. The summed E-state index contributed by atoms with van der Waals surface area (Å²) in [6, 6.07) is 9.98. The highest BCUT2D eigenvalue weighted by Crippen LogP contribution is 2.39. The van der Waals surface area contributed by atoms with Crippen molar-refractivity contribution in [2.75, 3.05) is 69.6 Å². The first kappa shape index (κ1) is 24.0. The number of ether oxygens (including phenoxy) is 1. The normalized spacial score (nSPS) is 24.1. The minimum absolute atomic E-state index is 0.189. The van der Waals surface area contributed by atoms with Gasteiger partial charge in [0.1, 0.15) is 12.4 Å². The highest BCUT2D eigenvalue weighted by atomic mass is 16.5. The van der Waals surface area contributed by atoms with Crippen molar-refractivity contribution in [1.29, 1.82) is 0 Å². The fraction of sp³-hybridized carbons (Fsp3) is 0.519. The number of nitrogen functional groups attached to an aromatic ring is 1. The third-order valence-electron chi connectivity index (χ3n) is 7.93. The van der Waals surface area contributed by atoms with E-state index in [2.05, 4.69) is 41.3 Å². The molecule has 2 unspecified atom stereocenters. The summed E-state index contributed by atoms with van der Waals surface area (Å²) >= 11 is 0. The zero-order chi connectivity index (χ0) is 25.2. The van der Waals surface area contributed by atoms with Crippen molar-refractivity contribution in [1.82, 2.24) is 25.3 Å². The molecule has 0 amide bonds. The quantitative estimate of drug-likeness (QED) is 0.541. The van der Waals surface area contributed by atoms with Crippen LogP contribution >= 0.6 is 0 Å². The molecule has 37 heavy (non-hydrogen) atoms. The number of aromatic hydroxyl groups is 1. The molecule has 196 valence electrons. The molecule has 4 N–H and O–H groups in total. The first-order chi connectivity index (χ1) is 18.2. The first-order valence-electron chi connectivity index (χ1n) is 13.4. The van der Waals surface area contributed by atoms with Gasteiger partial charge in [-0.15, -0.1) is 10.2 Å². The molecule has 2 bridgehead atoms. The van der Waals surface area contributed by atoms with Gasteiger partial charge in [-0.1, -0.05) is 12.1 Å². The Labute approximate surface area is 217 Å². The number of nitrogens with zero attached hydrogens (tertiary/aromatic N) is 6. The van der Waals surface area contributed by atoms with Gasteiger partial charge >= 0.3 is 0 Å². The van der Waals surface area contributed by atoms with Crippen LogP contribution in [-0.4, -0.2) is 102 Å². The summed E-state index contributed by atoms with van der Waals surface area (Å²) < 4.78 is 6.09. The van der Waals surface area contributed by atoms with Crippen LogP contribution in [0.2, 0.25) is 0 Å². The lowest BCUT2D eigenvalue weighted by Gasteiger charge is -2.45. The Kier molecular flexibility index (Phi) is 6.84. The summed E-state index contributed by atoms with van der Waals surface area (Å²) in [5.74, 6) is 1.39. The molecule has 1 aromatic heterocycles. The lowest BCUT2D eigenvalue weighted by Crippen LogP contribution is -2.53. The molecule has 2 aromatic rings. The van der Waals surface area contributed by atoms with Crippen LogP contribution < -0.4 is 16.0 Å². The predicted octanol–water partition coefficient (Wildman–Crippen LogP) is 1.69. The Balaban J connectivity index is 1.13. The molecule has 3 fully saturated rings. The summed E-state index contributed by atoms with van der Waals surface area (Å²) in [5, 5.41) is 22.2. The van der Waals surface area contributed by atoms with E-state index in [9.17, 15) is 5.11 Å².